The van der Waals surface area contributed by atoms with Crippen LogP contribution in [0.2, 0.25) is 5.02 Å². The SMILES string of the molecule is Cc1ccc(COc2ccc(Cl)cc2C2c3sc(=O)[nH]c3SC3C2[C@H]2C[C@@H]3C3C(=O)N(c4ccc([N+](=O)[O-])cc4)C(=O)C32)cc1. The Bertz CT molecular complexity index is 1940. The van der Waals surface area contributed by atoms with Gasteiger partial charge in [0.25, 0.3) is 5.69 Å². The van der Waals surface area contributed by atoms with Crippen molar-refractivity contribution in [2.24, 2.45) is 29.6 Å². The molecule has 2 aliphatic heterocycles. The van der Waals surface area contributed by atoms with E-state index in [9.17, 15) is 24.5 Å². The molecule has 1 aromatic heterocycles. The number of non-ortho nitro benzene ring substituents is 1. The van der Waals surface area contributed by atoms with Crippen molar-refractivity contribution < 1.29 is 19.2 Å². The van der Waals surface area contributed by atoms with Crippen LogP contribution in [-0.4, -0.2) is 27.0 Å². The minimum Gasteiger partial charge on any atom is -0.489 e. The molecular formula is C33H26ClN3O6S2. The number of ether oxygens (including phenoxy) is 1. The second-order valence-corrected chi connectivity index (χ2v) is 14.8. The molecule has 3 fully saturated rings. The molecule has 2 amide bonds. The highest BCUT2D eigenvalue weighted by atomic mass is 35.5. The lowest BCUT2D eigenvalue weighted by atomic mass is 9.68. The minimum atomic E-state index is -0.508. The van der Waals surface area contributed by atoms with E-state index < -0.39 is 16.8 Å². The molecule has 0 spiro atoms. The first-order chi connectivity index (χ1) is 21.7. The summed E-state index contributed by atoms with van der Waals surface area (Å²) >= 11 is 9.39. The normalized spacial score (nSPS) is 27.8. The van der Waals surface area contributed by atoms with Crippen LogP contribution in [0, 0.1) is 46.6 Å². The Kier molecular flexibility index (Phi) is 6.70. The molecule has 7 atom stereocenters. The summed E-state index contributed by atoms with van der Waals surface area (Å²) in [6, 6.07) is 19.3. The van der Waals surface area contributed by atoms with Crippen LogP contribution in [0.3, 0.4) is 0 Å². The number of aromatic nitrogens is 1. The number of nitrogens with one attached hydrogen (secondary N) is 1. The van der Waals surface area contributed by atoms with Gasteiger partial charge in [-0.05, 0) is 67.0 Å². The zero-order chi connectivity index (χ0) is 31.1. The molecule has 45 heavy (non-hydrogen) atoms. The number of aromatic amines is 1. The fourth-order valence-electron chi connectivity index (χ4n) is 8.08. The maximum absolute atomic E-state index is 14.0. The van der Waals surface area contributed by atoms with E-state index in [2.05, 4.69) is 4.98 Å². The lowest BCUT2D eigenvalue weighted by Crippen LogP contribution is -2.42. The number of rotatable bonds is 6. The van der Waals surface area contributed by atoms with E-state index in [1.54, 1.807) is 17.8 Å². The summed E-state index contributed by atoms with van der Waals surface area (Å²) in [6.45, 7) is 2.39. The number of hydrogen-bond donors (Lipinski definition) is 1. The highest BCUT2D eigenvalue weighted by molar-refractivity contribution is 8.00. The minimum absolute atomic E-state index is 0.00325. The number of H-pyrrole nitrogens is 1. The van der Waals surface area contributed by atoms with Gasteiger partial charge >= 0.3 is 4.87 Å². The van der Waals surface area contributed by atoms with Gasteiger partial charge in [-0.15, -0.1) is 11.8 Å². The number of imide groups is 1. The zero-order valence-electron chi connectivity index (χ0n) is 23.8. The summed E-state index contributed by atoms with van der Waals surface area (Å²) in [5, 5.41) is 12.5. The van der Waals surface area contributed by atoms with Crippen LogP contribution >= 0.6 is 34.7 Å². The van der Waals surface area contributed by atoms with E-state index in [1.165, 1.54) is 40.5 Å². The summed E-state index contributed by atoms with van der Waals surface area (Å²) < 4.78 is 6.42. The zero-order valence-corrected chi connectivity index (χ0v) is 26.2. The van der Waals surface area contributed by atoms with Crippen molar-refractivity contribution in [3.8, 4) is 5.75 Å². The molecule has 0 radical (unpaired) electrons. The predicted molar refractivity (Wildman–Crippen MR) is 171 cm³/mol. The van der Waals surface area contributed by atoms with Crippen molar-refractivity contribution in [1.29, 1.82) is 0 Å². The van der Waals surface area contributed by atoms with Crippen LogP contribution in [0.25, 0.3) is 0 Å². The number of nitrogens with zero attached hydrogens (tertiary/aromatic N) is 2. The van der Waals surface area contributed by atoms with Crippen molar-refractivity contribution >= 4 is 57.9 Å². The van der Waals surface area contributed by atoms with Gasteiger partial charge in [0.1, 0.15) is 12.4 Å². The summed E-state index contributed by atoms with van der Waals surface area (Å²) in [6.07, 6.45) is 0.735. The Labute approximate surface area is 270 Å². The van der Waals surface area contributed by atoms with Crippen LogP contribution in [0.15, 0.2) is 76.6 Å². The molecule has 2 bridgehead atoms. The Morgan fingerprint density at radius 1 is 1.00 bits per heavy atom. The summed E-state index contributed by atoms with van der Waals surface area (Å²) in [7, 11) is 0. The maximum atomic E-state index is 14.0. The van der Waals surface area contributed by atoms with Gasteiger partial charge in [-0.3, -0.25) is 29.4 Å². The highest BCUT2D eigenvalue weighted by Gasteiger charge is 2.69. The molecule has 3 aromatic carbocycles. The van der Waals surface area contributed by atoms with E-state index >= 15 is 0 Å². The molecule has 5 unspecified atom stereocenters. The number of halogens is 1. The van der Waals surface area contributed by atoms with Gasteiger partial charge in [0, 0.05) is 38.8 Å². The molecule has 9 nitrogen and oxygen atoms in total. The number of carbonyl (C=O) groups excluding carboxylic acids is 2. The number of hydrogen-bond acceptors (Lipinski definition) is 8. The summed E-state index contributed by atoms with van der Waals surface area (Å²) in [5.74, 6) is -1.28. The van der Waals surface area contributed by atoms with Gasteiger partial charge in [0.05, 0.1) is 27.5 Å². The number of amides is 2. The van der Waals surface area contributed by atoms with Gasteiger partial charge in [-0.2, -0.15) is 0 Å². The number of nitro groups is 1. The van der Waals surface area contributed by atoms with Crippen molar-refractivity contribution in [2.45, 2.75) is 36.1 Å². The van der Waals surface area contributed by atoms with Crippen LogP contribution in [0.5, 0.6) is 5.75 Å². The molecule has 1 saturated heterocycles. The number of thioether (sulfide) groups is 1. The van der Waals surface area contributed by atoms with Crippen molar-refractivity contribution in [3.05, 3.63) is 113 Å². The third-order valence-electron chi connectivity index (χ3n) is 9.86. The lowest BCUT2D eigenvalue weighted by Gasteiger charge is -2.43. The monoisotopic (exact) mass is 659 g/mol. The Morgan fingerprint density at radius 3 is 2.42 bits per heavy atom. The maximum Gasteiger partial charge on any atom is 0.305 e. The molecule has 12 heteroatoms. The first-order valence-electron chi connectivity index (χ1n) is 14.7. The van der Waals surface area contributed by atoms with Gasteiger partial charge < -0.3 is 9.72 Å². The number of benzene rings is 3. The van der Waals surface area contributed by atoms with Crippen molar-refractivity contribution in [1.82, 2.24) is 4.98 Å². The molecule has 1 N–H and O–H groups in total. The van der Waals surface area contributed by atoms with Crippen molar-refractivity contribution in [3.63, 3.8) is 0 Å². The predicted octanol–water partition coefficient (Wildman–Crippen LogP) is 6.56. The van der Waals surface area contributed by atoms with Gasteiger partial charge in [-0.1, -0.05) is 52.8 Å². The number of thiazole rings is 1. The fourth-order valence-corrected chi connectivity index (χ4v) is 11.1. The molecule has 4 aromatic rings. The number of fused-ring (bicyclic) bond motifs is 9. The lowest BCUT2D eigenvalue weighted by molar-refractivity contribution is -0.384. The summed E-state index contributed by atoms with van der Waals surface area (Å²) in [5.41, 5.74) is 3.30. The van der Waals surface area contributed by atoms with Gasteiger partial charge in [-0.25, -0.2) is 0 Å². The van der Waals surface area contributed by atoms with E-state index in [4.69, 9.17) is 16.3 Å². The third kappa shape index (κ3) is 4.46. The molecule has 3 heterocycles. The van der Waals surface area contributed by atoms with Crippen LogP contribution in [0.1, 0.15) is 33.9 Å². The topological polar surface area (TPSA) is 123 Å². The molecule has 228 valence electrons. The molecule has 2 saturated carbocycles. The van der Waals surface area contributed by atoms with Crippen LogP contribution in [0.4, 0.5) is 11.4 Å². The highest BCUT2D eigenvalue weighted by Crippen LogP contribution is 2.69. The van der Waals surface area contributed by atoms with E-state index in [0.29, 0.717) is 23.1 Å². The van der Waals surface area contributed by atoms with Crippen LogP contribution in [-0.2, 0) is 16.2 Å². The molecule has 8 rings (SSSR count). The molecule has 4 aliphatic rings. The van der Waals surface area contributed by atoms with Gasteiger partial charge in [0.2, 0.25) is 11.8 Å². The van der Waals surface area contributed by atoms with Crippen molar-refractivity contribution in [2.75, 3.05) is 4.90 Å². The average molecular weight is 660 g/mol. The van der Waals surface area contributed by atoms with E-state index in [-0.39, 0.29) is 51.3 Å². The van der Waals surface area contributed by atoms with E-state index in [1.807, 2.05) is 43.3 Å². The summed E-state index contributed by atoms with van der Waals surface area (Å²) in [4.78, 5) is 56.3. The Morgan fingerprint density at radius 2 is 1.71 bits per heavy atom. The number of anilines is 1. The molecular weight excluding hydrogens is 634 g/mol. The standard InChI is InChI=1S/C33H26ClN3O6S2/c1-15-2-4-16(5-3-15)14-43-23-11-6-17(34)12-20(23)24-25-21-13-22(28(25)44-30-29(24)45-33(40)35-30)27-26(21)31(38)36(32(27)39)18-7-9-19(10-8-18)37(41)42/h2-12,21-22,24-28H,13-14H2,1H3,(H,35,40)/t21-,22-,24?,25?,26?,27?,28?/m1/s1. The van der Waals surface area contributed by atoms with E-state index in [0.717, 1.165) is 33.0 Å². The second kappa shape index (κ2) is 10.6. The number of aryl methyl sites for hydroxylation is 1. The Hall–Kier alpha value is -3.93. The van der Waals surface area contributed by atoms with Crippen LogP contribution < -0.4 is 14.5 Å². The molecule has 2 aliphatic carbocycles. The number of carbonyl (C=O) groups is 2. The first-order valence-corrected chi connectivity index (χ1v) is 16.8. The third-order valence-corrected chi connectivity index (χ3v) is 12.7. The fraction of sp³-hybridized carbons (Fsp3) is 0.303. The smallest absolute Gasteiger partial charge is 0.305 e. The van der Waals surface area contributed by atoms with Gasteiger partial charge in [0.15, 0.2) is 0 Å². The number of nitro benzene ring substituents is 1. The quantitative estimate of drug-likeness (QED) is 0.141. The largest absolute Gasteiger partial charge is 0.489 e. The average Bonchev–Trinajstić information content (AvgIpc) is 3.76. The first kappa shape index (κ1) is 28.5. The second-order valence-electron chi connectivity index (χ2n) is 12.2. The Balaban J connectivity index is 1.18.